The van der Waals surface area contributed by atoms with Gasteiger partial charge < -0.3 is 49.3 Å². The predicted octanol–water partition coefficient (Wildman–Crippen LogP) is 7.89. The summed E-state index contributed by atoms with van der Waals surface area (Å²) in [5, 5.41) is 7.59. The zero-order chi connectivity index (χ0) is 46.4. The van der Waals surface area contributed by atoms with E-state index in [0.29, 0.717) is 25.2 Å². The van der Waals surface area contributed by atoms with Gasteiger partial charge in [0.1, 0.15) is 41.3 Å². The first-order valence-corrected chi connectivity index (χ1v) is 22.0. The Hall–Kier alpha value is -5.73. The Morgan fingerprint density at radius 2 is 1.30 bits per heavy atom. The molecule has 4 amide bonds. The molecule has 0 spiro atoms. The number of hydrogen-bond acceptors (Lipinski definition) is 9. The highest BCUT2D eigenvalue weighted by Gasteiger charge is 2.48. The number of hydrogen-bond donors (Lipinski definition) is 4. The molecule has 2 aromatic heterocycles. The fraction of sp³-hybridized carbons (Fsp3) is 0.571. The van der Waals surface area contributed by atoms with Crippen LogP contribution in [0, 0.1) is 25.7 Å². The van der Waals surface area contributed by atoms with Crippen molar-refractivity contribution in [2.45, 2.75) is 151 Å². The van der Waals surface area contributed by atoms with Crippen LogP contribution in [-0.4, -0.2) is 101 Å². The molecule has 3 aliphatic heterocycles. The smallest absolute Gasteiger partial charge is 0.408 e. The monoisotopic (exact) mass is 887 g/mol. The summed E-state index contributed by atoms with van der Waals surface area (Å²) in [5.41, 5.74) is 7.33. The summed E-state index contributed by atoms with van der Waals surface area (Å²) in [4.78, 5) is 75.4. The third-order valence-corrected chi connectivity index (χ3v) is 12.2. The number of aromatic amines is 2. The van der Waals surface area contributed by atoms with Crippen molar-refractivity contribution in [3.63, 3.8) is 0 Å². The molecule has 350 valence electrons. The van der Waals surface area contributed by atoms with E-state index in [-0.39, 0.29) is 37.1 Å². The lowest BCUT2D eigenvalue weighted by molar-refractivity contribution is -0.157. The second kappa shape index (κ2) is 19.2. The summed E-state index contributed by atoms with van der Waals surface area (Å²) in [6.45, 7) is 21.1. The minimum atomic E-state index is -0.907. The van der Waals surface area contributed by atoms with E-state index in [1.807, 2.05) is 30.9 Å². The van der Waals surface area contributed by atoms with E-state index >= 15 is 0 Å². The third-order valence-electron chi connectivity index (χ3n) is 12.2. The Labute approximate surface area is 377 Å². The third kappa shape index (κ3) is 9.68. The number of carbonyl (C=O) groups excluding carboxylic acids is 5. The molecule has 15 heteroatoms. The zero-order valence-corrected chi connectivity index (χ0v) is 39.3. The highest BCUT2D eigenvalue weighted by Crippen LogP contribution is 2.44. The first kappa shape index (κ1) is 49.3. The first-order valence-electron chi connectivity index (χ1n) is 22.0. The summed E-state index contributed by atoms with van der Waals surface area (Å²) in [5.74, 6) is 1.30. The van der Waals surface area contributed by atoms with Crippen molar-refractivity contribution in [3.8, 4) is 11.5 Å². The highest BCUT2D eigenvalue weighted by atomic mass is 16.6. The number of ether oxygens (including phenoxy) is 4. The molecular formula is C49H70N6O9. The summed E-state index contributed by atoms with van der Waals surface area (Å²) >= 11 is 0. The van der Waals surface area contributed by atoms with Gasteiger partial charge in [0.2, 0.25) is 17.7 Å². The first-order chi connectivity index (χ1) is 29.6. The van der Waals surface area contributed by atoms with Crippen LogP contribution in [-0.2, 0) is 41.5 Å². The van der Waals surface area contributed by atoms with Crippen LogP contribution in [0.15, 0.2) is 24.3 Å². The van der Waals surface area contributed by atoms with Crippen molar-refractivity contribution in [1.29, 1.82) is 0 Å². The van der Waals surface area contributed by atoms with Crippen molar-refractivity contribution in [2.75, 3.05) is 21.3 Å². The number of amides is 4. The Bertz CT molecular complexity index is 2410. The van der Waals surface area contributed by atoms with Gasteiger partial charge in [-0.2, -0.15) is 0 Å². The van der Waals surface area contributed by atoms with Crippen LogP contribution < -0.4 is 20.1 Å². The predicted molar refractivity (Wildman–Crippen MR) is 247 cm³/mol. The molecule has 6 atom stereocenters. The molecule has 5 heterocycles. The molecule has 0 radical (unpaired) electrons. The Morgan fingerprint density at radius 3 is 1.78 bits per heavy atom. The lowest BCUT2D eigenvalue weighted by Crippen LogP contribution is -2.65. The topological polar surface area (TPSA) is 184 Å². The van der Waals surface area contributed by atoms with Crippen molar-refractivity contribution in [3.05, 3.63) is 57.9 Å². The van der Waals surface area contributed by atoms with Crippen LogP contribution in [0.2, 0.25) is 0 Å². The van der Waals surface area contributed by atoms with Gasteiger partial charge in [0, 0.05) is 58.2 Å². The average molecular weight is 887 g/mol. The largest absolute Gasteiger partial charge is 0.496 e. The highest BCUT2D eigenvalue weighted by molar-refractivity contribution is 5.99. The molecule has 4 N–H and O–H groups in total. The summed E-state index contributed by atoms with van der Waals surface area (Å²) in [6.07, 6.45) is 1.59. The normalized spacial score (nSPS) is 20.9. The van der Waals surface area contributed by atoms with E-state index in [2.05, 4.69) is 60.4 Å². The van der Waals surface area contributed by atoms with Crippen LogP contribution >= 0.6 is 0 Å². The van der Waals surface area contributed by atoms with Gasteiger partial charge in [0.05, 0.1) is 33.4 Å². The number of piperazine rings is 1. The quantitative estimate of drug-likeness (QED) is 0.121. The molecule has 4 aromatic rings. The van der Waals surface area contributed by atoms with Crippen LogP contribution in [0.4, 0.5) is 4.79 Å². The van der Waals surface area contributed by atoms with E-state index in [0.717, 1.165) is 73.4 Å². The van der Waals surface area contributed by atoms with E-state index < -0.39 is 47.9 Å². The molecule has 15 nitrogen and oxygen atoms in total. The minimum Gasteiger partial charge on any atom is -0.496 e. The van der Waals surface area contributed by atoms with Gasteiger partial charge in [-0.3, -0.25) is 14.4 Å². The number of esters is 1. The molecular weight excluding hydrogens is 817 g/mol. The van der Waals surface area contributed by atoms with Gasteiger partial charge in [0.15, 0.2) is 0 Å². The number of aromatic nitrogens is 2. The molecule has 7 rings (SSSR count). The number of H-pyrrole nitrogens is 2. The van der Waals surface area contributed by atoms with E-state index in [1.54, 1.807) is 53.7 Å². The second-order valence-electron chi connectivity index (χ2n) is 19.1. The summed E-state index contributed by atoms with van der Waals surface area (Å²) in [7, 11) is 4.62. The number of benzene rings is 2. The standard InChI is InChI=1S/C27H39N3O6.C21H27N3O3.CH4/c1-14(2)10-20-23-18(17-11-15(3)22(34-8)13-19(17)29-23)12-21(25(32)35-9)30(20)24(31)16(4)28-26(33)36-27(5,6)7;1-10(2)6-16-19-14(8-17-20(25)22-12(4)21(26)24(16)17)13-7-11(3)18(27-5)9-15(13)23-19;/h11,13-14,16,20-21,29H,10,12H2,1-9H3,(H,28,33);7,9-10,12,16-17,23H,6,8H2,1-5H3,(H,22,25);1H4/t16-,20-,21-;12-,16-,17-;/m00./s1. The molecule has 0 bridgehead atoms. The van der Waals surface area contributed by atoms with Gasteiger partial charge in [0.25, 0.3) is 0 Å². The maximum Gasteiger partial charge on any atom is 0.408 e. The summed E-state index contributed by atoms with van der Waals surface area (Å²) in [6, 6.07) is 4.96. The van der Waals surface area contributed by atoms with Crippen molar-refractivity contribution in [2.24, 2.45) is 11.8 Å². The van der Waals surface area contributed by atoms with Crippen molar-refractivity contribution in [1.82, 2.24) is 30.4 Å². The van der Waals surface area contributed by atoms with Gasteiger partial charge in [-0.1, -0.05) is 35.1 Å². The van der Waals surface area contributed by atoms with Crippen LogP contribution in [0.25, 0.3) is 21.8 Å². The number of fused-ring (bicyclic) bond motifs is 7. The SMILES string of the molecule is C.COC(=O)[C@@H]1Cc2c([nH]c3cc(OC)c(C)cc23)[C@H](CC(C)C)N1C(=O)[C@H](C)NC(=O)OC(C)(C)C.COc1cc2[nH]c3c(c2cc1C)C[C@H]1C(=O)N[C@@H](C)C(=O)N1[C@H]3CC(C)C. The molecule has 0 saturated carbocycles. The van der Waals surface area contributed by atoms with Crippen LogP contribution in [0.5, 0.6) is 11.5 Å². The molecule has 0 unspecified atom stereocenters. The minimum absolute atomic E-state index is 0. The Kier molecular flexibility index (Phi) is 14.8. The average Bonchev–Trinajstić information content (AvgIpc) is 3.74. The number of methoxy groups -OCH3 is 3. The van der Waals surface area contributed by atoms with E-state index in [1.165, 1.54) is 7.11 Å². The number of carbonyl (C=O) groups is 5. The van der Waals surface area contributed by atoms with Gasteiger partial charge >= 0.3 is 12.1 Å². The molecule has 64 heavy (non-hydrogen) atoms. The van der Waals surface area contributed by atoms with Gasteiger partial charge in [-0.15, -0.1) is 0 Å². The van der Waals surface area contributed by atoms with Crippen molar-refractivity contribution >= 4 is 51.6 Å². The molecule has 1 saturated heterocycles. The number of alkyl carbamates (subject to hydrolysis) is 1. The van der Waals surface area contributed by atoms with E-state index in [9.17, 15) is 24.0 Å². The van der Waals surface area contributed by atoms with Crippen LogP contribution in [0.1, 0.15) is 128 Å². The summed E-state index contributed by atoms with van der Waals surface area (Å²) < 4.78 is 21.4. The molecule has 3 aliphatic rings. The number of aryl methyl sites for hydroxylation is 2. The van der Waals surface area contributed by atoms with Crippen LogP contribution in [0.3, 0.4) is 0 Å². The number of nitrogens with zero attached hydrogens (tertiary/aromatic N) is 2. The second-order valence-corrected chi connectivity index (χ2v) is 19.1. The molecule has 0 aliphatic carbocycles. The fourth-order valence-corrected chi connectivity index (χ4v) is 9.44. The molecule has 1 fully saturated rings. The number of nitrogens with one attached hydrogen (secondary N) is 4. The van der Waals surface area contributed by atoms with Crippen molar-refractivity contribution < 1.29 is 42.9 Å². The zero-order valence-electron chi connectivity index (χ0n) is 39.3. The van der Waals surface area contributed by atoms with Gasteiger partial charge in [-0.25, -0.2) is 9.59 Å². The maximum absolute atomic E-state index is 13.8. The Balaban J connectivity index is 0.000000246. The fourth-order valence-electron chi connectivity index (χ4n) is 9.44. The molecule has 2 aromatic carbocycles. The number of rotatable bonds is 9. The Morgan fingerprint density at radius 1 is 0.797 bits per heavy atom. The van der Waals surface area contributed by atoms with E-state index in [4.69, 9.17) is 18.9 Å². The van der Waals surface area contributed by atoms with Gasteiger partial charge in [-0.05, 0) is 108 Å². The lowest BCUT2D eigenvalue weighted by atomic mass is 9.85. The lowest BCUT2D eigenvalue weighted by Gasteiger charge is -2.46. The maximum atomic E-state index is 13.8.